The number of hydrogen-bond donors (Lipinski definition) is 1. The molecule has 2 heterocycles. The van der Waals surface area contributed by atoms with Crippen LogP contribution in [0.4, 0.5) is 0 Å². The third-order valence-corrected chi connectivity index (χ3v) is 5.03. The monoisotopic (exact) mass is 285 g/mol. The Morgan fingerprint density at radius 2 is 1.95 bits per heavy atom. The quantitative estimate of drug-likeness (QED) is 0.908. The summed E-state index contributed by atoms with van der Waals surface area (Å²) in [5.41, 5.74) is 5.75. The molecule has 0 spiro atoms. The van der Waals surface area contributed by atoms with Crippen molar-refractivity contribution in [2.45, 2.75) is 26.7 Å². The van der Waals surface area contributed by atoms with E-state index in [1.165, 1.54) is 17.6 Å². The molecule has 0 bridgehead atoms. The van der Waals surface area contributed by atoms with Crippen LogP contribution in [0.3, 0.4) is 0 Å². The van der Waals surface area contributed by atoms with Gasteiger partial charge in [0.15, 0.2) is 0 Å². The zero-order valence-electron chi connectivity index (χ0n) is 11.9. The SMILES string of the molecule is Cc1ccc(C)n1NCC1CCCN(S(C)(=O)=O)C1. The van der Waals surface area contributed by atoms with Crippen molar-refractivity contribution in [3.8, 4) is 0 Å². The van der Waals surface area contributed by atoms with Crippen LogP contribution < -0.4 is 5.43 Å². The maximum Gasteiger partial charge on any atom is 0.211 e. The lowest BCUT2D eigenvalue weighted by Crippen LogP contribution is -2.42. The van der Waals surface area contributed by atoms with Crippen molar-refractivity contribution in [2.24, 2.45) is 5.92 Å². The van der Waals surface area contributed by atoms with Crippen LogP contribution in [0.5, 0.6) is 0 Å². The molecule has 1 aromatic heterocycles. The number of aryl methyl sites for hydroxylation is 2. The van der Waals surface area contributed by atoms with E-state index in [0.29, 0.717) is 19.0 Å². The lowest BCUT2D eigenvalue weighted by molar-refractivity contribution is 0.273. The normalized spacial score (nSPS) is 21.5. The Balaban J connectivity index is 1.93. The van der Waals surface area contributed by atoms with Gasteiger partial charge in [-0.3, -0.25) is 4.68 Å². The molecule has 0 aromatic carbocycles. The van der Waals surface area contributed by atoms with Gasteiger partial charge in [0.2, 0.25) is 10.0 Å². The third-order valence-electron chi connectivity index (χ3n) is 3.76. The topological polar surface area (TPSA) is 54.3 Å². The molecule has 1 saturated heterocycles. The Kier molecular flexibility index (Phi) is 4.20. The second kappa shape index (κ2) is 5.54. The zero-order chi connectivity index (χ0) is 14.0. The van der Waals surface area contributed by atoms with Crippen molar-refractivity contribution in [1.29, 1.82) is 0 Å². The van der Waals surface area contributed by atoms with Crippen molar-refractivity contribution in [3.05, 3.63) is 23.5 Å². The van der Waals surface area contributed by atoms with Crippen molar-refractivity contribution in [1.82, 2.24) is 8.98 Å². The van der Waals surface area contributed by atoms with Gasteiger partial charge in [-0.1, -0.05) is 0 Å². The lowest BCUT2D eigenvalue weighted by Gasteiger charge is -2.31. The smallest absolute Gasteiger partial charge is 0.211 e. The van der Waals surface area contributed by atoms with Gasteiger partial charge in [-0.15, -0.1) is 0 Å². The van der Waals surface area contributed by atoms with Crippen molar-refractivity contribution < 1.29 is 8.42 Å². The van der Waals surface area contributed by atoms with E-state index in [4.69, 9.17) is 0 Å². The van der Waals surface area contributed by atoms with E-state index in [9.17, 15) is 8.42 Å². The summed E-state index contributed by atoms with van der Waals surface area (Å²) in [7, 11) is -3.05. The van der Waals surface area contributed by atoms with E-state index in [-0.39, 0.29) is 0 Å². The molecule has 1 atom stereocenters. The minimum Gasteiger partial charge on any atom is -0.326 e. The highest BCUT2D eigenvalue weighted by molar-refractivity contribution is 7.88. The largest absolute Gasteiger partial charge is 0.326 e. The molecular weight excluding hydrogens is 262 g/mol. The maximum absolute atomic E-state index is 11.6. The number of aromatic nitrogens is 1. The van der Waals surface area contributed by atoms with E-state index in [2.05, 4.69) is 36.1 Å². The van der Waals surface area contributed by atoms with E-state index < -0.39 is 10.0 Å². The predicted octanol–water partition coefficient (Wildman–Crippen LogP) is 1.32. The second-order valence-electron chi connectivity index (χ2n) is 5.44. The molecule has 6 heteroatoms. The van der Waals surface area contributed by atoms with Gasteiger partial charge in [0, 0.05) is 31.0 Å². The van der Waals surface area contributed by atoms with Gasteiger partial charge in [0.05, 0.1) is 6.26 Å². The molecule has 1 aliphatic heterocycles. The minimum atomic E-state index is -3.05. The van der Waals surface area contributed by atoms with Crippen LogP contribution in [0.25, 0.3) is 0 Å². The van der Waals surface area contributed by atoms with Crippen LogP contribution in [-0.4, -0.2) is 43.3 Å². The maximum atomic E-state index is 11.6. The molecule has 5 nitrogen and oxygen atoms in total. The Morgan fingerprint density at radius 3 is 2.53 bits per heavy atom. The fraction of sp³-hybridized carbons (Fsp3) is 0.692. The van der Waals surface area contributed by atoms with Gasteiger partial charge >= 0.3 is 0 Å². The van der Waals surface area contributed by atoms with Gasteiger partial charge in [0.1, 0.15) is 0 Å². The first kappa shape index (κ1) is 14.4. The van der Waals surface area contributed by atoms with Crippen molar-refractivity contribution >= 4 is 10.0 Å². The fourth-order valence-electron chi connectivity index (χ4n) is 2.63. The second-order valence-corrected chi connectivity index (χ2v) is 7.43. The molecule has 19 heavy (non-hydrogen) atoms. The Bertz CT molecular complexity index is 517. The first-order chi connectivity index (χ1) is 8.88. The van der Waals surface area contributed by atoms with Gasteiger partial charge < -0.3 is 5.43 Å². The minimum absolute atomic E-state index is 0.379. The van der Waals surface area contributed by atoms with Crippen LogP contribution in [0.15, 0.2) is 12.1 Å². The summed E-state index contributed by atoms with van der Waals surface area (Å²) in [6, 6.07) is 4.15. The fourth-order valence-corrected chi connectivity index (χ4v) is 3.58. The summed E-state index contributed by atoms with van der Waals surface area (Å²) < 4.78 is 26.8. The molecule has 0 radical (unpaired) electrons. The highest BCUT2D eigenvalue weighted by Gasteiger charge is 2.25. The van der Waals surface area contributed by atoms with Crippen molar-refractivity contribution in [2.75, 3.05) is 31.3 Å². The Labute approximate surface area is 115 Å². The number of piperidine rings is 1. The molecule has 1 N–H and O–H groups in total. The molecule has 1 aliphatic rings. The number of rotatable bonds is 4. The van der Waals surface area contributed by atoms with Crippen LogP contribution in [0, 0.1) is 19.8 Å². The van der Waals surface area contributed by atoms with E-state index in [1.807, 2.05) is 0 Å². The molecule has 1 unspecified atom stereocenters. The van der Waals surface area contributed by atoms with Crippen LogP contribution >= 0.6 is 0 Å². The summed E-state index contributed by atoms with van der Waals surface area (Å²) in [6.07, 6.45) is 3.32. The summed E-state index contributed by atoms with van der Waals surface area (Å²) in [5, 5.41) is 0. The van der Waals surface area contributed by atoms with Crippen LogP contribution in [-0.2, 0) is 10.0 Å². The summed E-state index contributed by atoms with van der Waals surface area (Å²) in [6.45, 7) is 6.22. The van der Waals surface area contributed by atoms with Gasteiger partial charge in [-0.2, -0.15) is 0 Å². The van der Waals surface area contributed by atoms with Crippen LogP contribution in [0.1, 0.15) is 24.2 Å². The number of nitrogens with one attached hydrogen (secondary N) is 1. The highest BCUT2D eigenvalue weighted by Crippen LogP contribution is 2.18. The van der Waals surface area contributed by atoms with Gasteiger partial charge in [0.25, 0.3) is 0 Å². The third kappa shape index (κ3) is 3.51. The standard InChI is InChI=1S/C13H23N3O2S/c1-11-6-7-12(2)16(11)14-9-13-5-4-8-15(10-13)19(3,17)18/h6-7,13-14H,4-5,8-10H2,1-3H3. The molecule has 0 saturated carbocycles. The average Bonchev–Trinajstić information content (AvgIpc) is 2.66. The molecule has 1 fully saturated rings. The number of nitrogens with zero attached hydrogens (tertiary/aromatic N) is 2. The van der Waals surface area contributed by atoms with Gasteiger partial charge in [-0.25, -0.2) is 12.7 Å². The first-order valence-electron chi connectivity index (χ1n) is 6.72. The Morgan fingerprint density at radius 1 is 1.32 bits per heavy atom. The summed E-state index contributed by atoms with van der Waals surface area (Å²) in [4.78, 5) is 0. The molecular formula is C13H23N3O2S. The summed E-state index contributed by atoms with van der Waals surface area (Å²) in [5.74, 6) is 0.379. The molecule has 0 amide bonds. The highest BCUT2D eigenvalue weighted by atomic mass is 32.2. The average molecular weight is 285 g/mol. The molecule has 108 valence electrons. The predicted molar refractivity (Wildman–Crippen MR) is 77.3 cm³/mol. The zero-order valence-corrected chi connectivity index (χ0v) is 12.7. The molecule has 2 rings (SSSR count). The van der Waals surface area contributed by atoms with E-state index in [0.717, 1.165) is 19.4 Å². The first-order valence-corrected chi connectivity index (χ1v) is 8.56. The summed E-state index contributed by atoms with van der Waals surface area (Å²) >= 11 is 0. The van der Waals surface area contributed by atoms with E-state index >= 15 is 0 Å². The molecule has 0 aliphatic carbocycles. The van der Waals surface area contributed by atoms with E-state index in [1.54, 1.807) is 4.31 Å². The van der Waals surface area contributed by atoms with Crippen molar-refractivity contribution in [3.63, 3.8) is 0 Å². The Hall–Kier alpha value is -1.01. The van der Waals surface area contributed by atoms with Crippen LogP contribution in [0.2, 0.25) is 0 Å². The van der Waals surface area contributed by atoms with Gasteiger partial charge in [-0.05, 0) is 44.7 Å². The number of sulfonamides is 1. The number of hydrogen-bond acceptors (Lipinski definition) is 3. The lowest BCUT2D eigenvalue weighted by atomic mass is 10.0. The molecule has 1 aromatic rings.